The molecule has 2 N–H and O–H groups in total. The number of nitrogens with one attached hydrogen (secondary N) is 2. The van der Waals surface area contributed by atoms with Crippen molar-refractivity contribution in [2.24, 2.45) is 11.8 Å². The molecule has 11 heteroatoms. The van der Waals surface area contributed by atoms with Crippen LogP contribution in [-0.4, -0.2) is 53.1 Å². The molecule has 3 aromatic carbocycles. The molecule has 3 amide bonds. The zero-order chi connectivity index (χ0) is 33.9. The van der Waals surface area contributed by atoms with E-state index in [1.54, 1.807) is 82.3 Å². The van der Waals surface area contributed by atoms with E-state index in [1.165, 1.54) is 0 Å². The number of hydrogen-bond donors (Lipinski definition) is 2. The Balaban J connectivity index is 1.87. The van der Waals surface area contributed by atoms with Gasteiger partial charge in [-0.2, -0.15) is 8.78 Å². The average molecular weight is 637 g/mol. The van der Waals surface area contributed by atoms with Gasteiger partial charge in [0.2, 0.25) is 11.7 Å². The fourth-order valence-corrected chi connectivity index (χ4v) is 4.76. The maximum atomic E-state index is 15.3. The standard InChI is InChI=1S/C35H41F2N3O6/c1-23(2)20-38-33(43)35(36,37)31(41)29(19-25-15-17-28(18-16-25)46-22-27-13-9-6-10-14-27)39-32(42)30(24(3)4)40(34(44)45)21-26-11-7-5-8-12-26/h5-18,23-24,29-30H,19-22H2,1-4H3,(H,38,43)(H,39,42)(H,44,45)/p-1/t29-,30-/m0/s1. The highest BCUT2D eigenvalue weighted by molar-refractivity contribution is 6.10. The molecular formula is C35H40F2N3O6-. The van der Waals surface area contributed by atoms with Crippen molar-refractivity contribution in [3.8, 4) is 5.75 Å². The van der Waals surface area contributed by atoms with E-state index in [0.29, 0.717) is 23.5 Å². The number of ketones is 1. The Morgan fingerprint density at radius 2 is 1.39 bits per heavy atom. The molecule has 0 saturated carbocycles. The minimum Gasteiger partial charge on any atom is -0.530 e. The number of ether oxygens (including phenoxy) is 1. The molecule has 0 aliphatic rings. The maximum absolute atomic E-state index is 15.3. The molecule has 46 heavy (non-hydrogen) atoms. The first-order valence-electron chi connectivity index (χ1n) is 15.1. The second kappa shape index (κ2) is 16.5. The van der Waals surface area contributed by atoms with Crippen molar-refractivity contribution in [2.75, 3.05) is 6.54 Å². The monoisotopic (exact) mass is 636 g/mol. The molecule has 0 saturated heterocycles. The molecule has 3 rings (SSSR count). The Labute approximate surface area is 267 Å². The summed E-state index contributed by atoms with van der Waals surface area (Å²) in [6.07, 6.45) is -2.05. The highest BCUT2D eigenvalue weighted by Gasteiger charge is 2.50. The van der Waals surface area contributed by atoms with Crippen molar-refractivity contribution in [3.05, 3.63) is 102 Å². The van der Waals surface area contributed by atoms with Crippen molar-refractivity contribution in [1.82, 2.24) is 15.5 Å². The minimum absolute atomic E-state index is 0.0847. The number of carbonyl (C=O) groups excluding carboxylic acids is 4. The van der Waals surface area contributed by atoms with Gasteiger partial charge < -0.3 is 30.2 Å². The third kappa shape index (κ3) is 10.1. The number of nitrogens with zero attached hydrogens (tertiary/aromatic N) is 1. The summed E-state index contributed by atoms with van der Waals surface area (Å²) in [4.78, 5) is 52.4. The normalized spacial score (nSPS) is 12.7. The number of hydrogen-bond acceptors (Lipinski definition) is 6. The highest BCUT2D eigenvalue weighted by Crippen LogP contribution is 2.23. The number of benzene rings is 3. The van der Waals surface area contributed by atoms with Gasteiger partial charge in [-0.05, 0) is 40.7 Å². The molecule has 0 unspecified atom stereocenters. The van der Waals surface area contributed by atoms with Gasteiger partial charge in [0.25, 0.3) is 5.91 Å². The van der Waals surface area contributed by atoms with Gasteiger partial charge in [0.05, 0.1) is 6.04 Å². The Morgan fingerprint density at radius 3 is 1.91 bits per heavy atom. The van der Waals surface area contributed by atoms with Crippen LogP contribution in [0.1, 0.15) is 44.4 Å². The van der Waals surface area contributed by atoms with Crippen LogP contribution in [0.5, 0.6) is 5.75 Å². The van der Waals surface area contributed by atoms with E-state index in [0.717, 1.165) is 10.5 Å². The molecular weight excluding hydrogens is 596 g/mol. The number of rotatable bonds is 16. The molecule has 0 aliphatic heterocycles. The zero-order valence-corrected chi connectivity index (χ0v) is 26.4. The van der Waals surface area contributed by atoms with Crippen molar-refractivity contribution in [2.45, 2.75) is 65.3 Å². The summed E-state index contributed by atoms with van der Waals surface area (Å²) in [6.45, 7) is 6.59. The molecule has 0 bridgehead atoms. The summed E-state index contributed by atoms with van der Waals surface area (Å²) >= 11 is 0. The van der Waals surface area contributed by atoms with Crippen LogP contribution in [0.3, 0.4) is 0 Å². The van der Waals surface area contributed by atoms with Gasteiger partial charge in [-0.1, -0.05) is 100 Å². The lowest BCUT2D eigenvalue weighted by molar-refractivity contribution is -0.269. The average Bonchev–Trinajstić information content (AvgIpc) is 3.03. The van der Waals surface area contributed by atoms with Crippen LogP contribution in [0.2, 0.25) is 0 Å². The molecule has 0 radical (unpaired) electrons. The quantitative estimate of drug-likeness (QED) is 0.228. The third-order valence-electron chi connectivity index (χ3n) is 7.18. The lowest BCUT2D eigenvalue weighted by Crippen LogP contribution is -2.60. The number of amides is 3. The minimum atomic E-state index is -4.48. The van der Waals surface area contributed by atoms with Gasteiger partial charge in [0.15, 0.2) is 0 Å². The molecule has 0 spiro atoms. The van der Waals surface area contributed by atoms with E-state index in [-0.39, 0.29) is 19.0 Å². The zero-order valence-electron chi connectivity index (χ0n) is 26.4. The van der Waals surface area contributed by atoms with E-state index in [2.05, 4.69) is 10.6 Å². The fourth-order valence-electron chi connectivity index (χ4n) is 4.76. The van der Waals surface area contributed by atoms with E-state index in [9.17, 15) is 24.3 Å². The summed E-state index contributed by atoms with van der Waals surface area (Å²) in [5.74, 6) is -9.35. The molecule has 0 fully saturated rings. The molecule has 0 aromatic heterocycles. The van der Waals surface area contributed by atoms with Crippen LogP contribution in [0.4, 0.5) is 13.6 Å². The highest BCUT2D eigenvalue weighted by atomic mass is 19.3. The van der Waals surface area contributed by atoms with E-state index in [4.69, 9.17) is 4.74 Å². The predicted molar refractivity (Wildman–Crippen MR) is 167 cm³/mol. The van der Waals surface area contributed by atoms with Gasteiger partial charge >= 0.3 is 5.92 Å². The number of halogens is 2. The van der Waals surface area contributed by atoms with Crippen molar-refractivity contribution >= 4 is 23.7 Å². The summed E-state index contributed by atoms with van der Waals surface area (Å²) in [5, 5.41) is 16.6. The van der Waals surface area contributed by atoms with Crippen LogP contribution >= 0.6 is 0 Å². The lowest BCUT2D eigenvalue weighted by atomic mass is 9.95. The molecule has 0 aliphatic carbocycles. The number of Topliss-reactive ketones (excluding diaryl/α,β-unsaturated/α-hetero) is 1. The first-order chi connectivity index (χ1) is 21.8. The van der Waals surface area contributed by atoms with Crippen LogP contribution in [0, 0.1) is 11.8 Å². The molecule has 246 valence electrons. The van der Waals surface area contributed by atoms with Crippen molar-refractivity contribution in [1.29, 1.82) is 0 Å². The van der Waals surface area contributed by atoms with Gasteiger partial charge in [-0.3, -0.25) is 14.4 Å². The Morgan fingerprint density at radius 1 is 0.826 bits per heavy atom. The Bertz CT molecular complexity index is 1450. The maximum Gasteiger partial charge on any atom is 0.383 e. The van der Waals surface area contributed by atoms with Crippen LogP contribution in [0.25, 0.3) is 0 Å². The topological polar surface area (TPSA) is 128 Å². The lowest BCUT2D eigenvalue weighted by Gasteiger charge is -2.36. The van der Waals surface area contributed by atoms with Gasteiger partial charge in [-0.25, -0.2) is 0 Å². The van der Waals surface area contributed by atoms with Crippen LogP contribution in [-0.2, 0) is 34.0 Å². The first-order valence-corrected chi connectivity index (χ1v) is 15.1. The van der Waals surface area contributed by atoms with E-state index < -0.39 is 54.0 Å². The van der Waals surface area contributed by atoms with E-state index >= 15 is 8.78 Å². The Hall–Kier alpha value is -4.80. The molecule has 3 aromatic rings. The summed E-state index contributed by atoms with van der Waals surface area (Å²) in [6, 6.07) is 21.0. The SMILES string of the molecule is CC(C)CNC(=O)C(F)(F)C(=O)[C@H](Cc1ccc(OCc2ccccc2)cc1)NC(=O)[C@H](C(C)C)N(Cc1ccccc1)C(=O)[O-]. The summed E-state index contributed by atoms with van der Waals surface area (Å²) in [5.41, 5.74) is 1.91. The molecule has 9 nitrogen and oxygen atoms in total. The smallest absolute Gasteiger partial charge is 0.383 e. The summed E-state index contributed by atoms with van der Waals surface area (Å²) in [7, 11) is 0. The second-order valence-electron chi connectivity index (χ2n) is 11.8. The van der Waals surface area contributed by atoms with E-state index in [1.807, 2.05) is 30.3 Å². The fraction of sp³-hybridized carbons (Fsp3) is 0.371. The first kappa shape index (κ1) is 35.7. The summed E-state index contributed by atoms with van der Waals surface area (Å²) < 4.78 is 36.3. The van der Waals surface area contributed by atoms with Gasteiger partial charge in [-0.15, -0.1) is 0 Å². The number of alkyl halides is 2. The Kier molecular flexibility index (Phi) is 12.8. The predicted octanol–water partition coefficient (Wildman–Crippen LogP) is 4.14. The molecule has 2 atom stereocenters. The number of carbonyl (C=O) groups is 4. The van der Waals surface area contributed by atoms with Crippen LogP contribution in [0.15, 0.2) is 84.9 Å². The third-order valence-corrected chi connectivity index (χ3v) is 7.18. The second-order valence-corrected chi connectivity index (χ2v) is 11.8. The van der Waals surface area contributed by atoms with Gasteiger partial charge in [0.1, 0.15) is 24.5 Å². The van der Waals surface area contributed by atoms with Crippen LogP contribution < -0.4 is 20.5 Å². The molecule has 0 heterocycles. The van der Waals surface area contributed by atoms with Gasteiger partial charge in [0, 0.05) is 19.5 Å². The van der Waals surface area contributed by atoms with Crippen molar-refractivity contribution in [3.63, 3.8) is 0 Å². The number of carboxylic acid groups (broad SMARTS) is 1. The van der Waals surface area contributed by atoms with Crippen molar-refractivity contribution < 1.29 is 37.8 Å². The largest absolute Gasteiger partial charge is 0.530 e.